The molecule has 1 aliphatic rings. The molecule has 0 atom stereocenters. The van der Waals surface area contributed by atoms with Gasteiger partial charge in [0, 0.05) is 0 Å². The first kappa shape index (κ1) is 16.3. The first-order valence-electron chi connectivity index (χ1n) is 7.28. The number of piperidine rings is 1. The van der Waals surface area contributed by atoms with Crippen molar-refractivity contribution in [1.29, 1.82) is 0 Å². The first-order chi connectivity index (χ1) is 9.82. The Morgan fingerprint density at radius 1 is 0.810 bits per heavy atom. The number of benzene rings is 2. The summed E-state index contributed by atoms with van der Waals surface area (Å²) in [7, 11) is 0. The van der Waals surface area contributed by atoms with Crippen molar-refractivity contribution in [3.63, 3.8) is 0 Å². The second kappa shape index (κ2) is 7.29. The van der Waals surface area contributed by atoms with Gasteiger partial charge in [-0.2, -0.15) is 0 Å². The Kier molecular flexibility index (Phi) is 5.67. The van der Waals surface area contributed by atoms with Crippen molar-refractivity contribution in [2.75, 3.05) is 13.1 Å². The predicted octanol–water partition coefficient (Wildman–Crippen LogP) is 0.710. The molecule has 0 unspecified atom stereocenters. The van der Waals surface area contributed by atoms with E-state index in [2.05, 4.69) is 5.32 Å². The van der Waals surface area contributed by atoms with Crippen molar-refractivity contribution in [3.8, 4) is 0 Å². The molecule has 1 aliphatic heterocycles. The number of nitrogens with zero attached hydrogens (tertiary/aromatic N) is 1. The first-order valence-corrected chi connectivity index (χ1v) is 7.28. The van der Waals surface area contributed by atoms with Gasteiger partial charge in [0.2, 0.25) is 0 Å². The van der Waals surface area contributed by atoms with Gasteiger partial charge < -0.3 is 10.4 Å². The fourth-order valence-electron chi connectivity index (χ4n) is 3.19. The summed E-state index contributed by atoms with van der Waals surface area (Å²) in [5.41, 5.74) is 1.06. The molecule has 3 heteroatoms. The third-order valence-corrected chi connectivity index (χ3v) is 4.29. The predicted molar refractivity (Wildman–Crippen MR) is 81.7 cm³/mol. The van der Waals surface area contributed by atoms with Crippen LogP contribution in [0.15, 0.2) is 60.7 Å². The van der Waals surface area contributed by atoms with E-state index in [1.54, 1.807) is 0 Å². The van der Waals surface area contributed by atoms with E-state index in [0.717, 1.165) is 37.1 Å². The van der Waals surface area contributed by atoms with Gasteiger partial charge in [-0.05, 0) is 17.0 Å². The molecule has 1 saturated heterocycles. The van der Waals surface area contributed by atoms with Crippen LogP contribution in [-0.4, -0.2) is 18.2 Å². The minimum absolute atomic E-state index is 0. The molecule has 21 heavy (non-hydrogen) atoms. The van der Waals surface area contributed by atoms with Gasteiger partial charge in [-0.1, -0.05) is 73.5 Å². The maximum absolute atomic E-state index is 11.5. The molecule has 0 bridgehead atoms. The zero-order chi connectivity index (χ0) is 13.8. The topological polar surface area (TPSA) is 34.3 Å². The van der Waals surface area contributed by atoms with Crippen molar-refractivity contribution < 1.29 is 24.0 Å². The third-order valence-electron chi connectivity index (χ3n) is 4.29. The molecule has 0 aromatic heterocycles. The van der Waals surface area contributed by atoms with Crippen LogP contribution in [0.2, 0.25) is 0 Å². The molecular weight excluding hydrogens is 253 g/mol. The van der Waals surface area contributed by atoms with Crippen LogP contribution < -0.4 is 18.9 Å². The Labute approximate surface area is 138 Å². The van der Waals surface area contributed by atoms with Crippen LogP contribution in [0, 0.1) is 5.92 Å². The molecule has 1 fully saturated rings. The normalized spacial score (nSPS) is 16.2. The standard InChI is InChI=1S/C18H20NO.Li/c20-18(15-7-3-1-4-8-15,16-9-5-2-6-10-16)17-11-13-19-14-12-17;/h1-10,17,20H,11-14H2;/q-1;+1. The molecule has 0 spiro atoms. The van der Waals surface area contributed by atoms with Crippen LogP contribution in [0.4, 0.5) is 0 Å². The van der Waals surface area contributed by atoms with Crippen molar-refractivity contribution in [1.82, 2.24) is 0 Å². The molecule has 2 nitrogen and oxygen atoms in total. The fourth-order valence-corrected chi connectivity index (χ4v) is 3.19. The molecule has 0 radical (unpaired) electrons. The maximum Gasteiger partial charge on any atom is 1.00 e. The van der Waals surface area contributed by atoms with E-state index in [1.165, 1.54) is 0 Å². The van der Waals surface area contributed by atoms with Crippen LogP contribution >= 0.6 is 0 Å². The van der Waals surface area contributed by atoms with Gasteiger partial charge in [-0.15, -0.1) is 13.1 Å². The molecule has 0 amide bonds. The van der Waals surface area contributed by atoms with Gasteiger partial charge in [0.05, 0.1) is 0 Å². The van der Waals surface area contributed by atoms with E-state index in [1.807, 2.05) is 60.7 Å². The number of rotatable bonds is 3. The molecule has 0 saturated carbocycles. The second-order valence-electron chi connectivity index (χ2n) is 5.44. The van der Waals surface area contributed by atoms with Gasteiger partial charge in [-0.3, -0.25) is 0 Å². The Balaban J connectivity index is 0.00000161. The molecule has 3 rings (SSSR count). The average Bonchev–Trinajstić information content (AvgIpc) is 2.56. The number of hydrogen-bond donors (Lipinski definition) is 1. The zero-order valence-corrected chi connectivity index (χ0v) is 12.6. The molecule has 1 N–H and O–H groups in total. The monoisotopic (exact) mass is 273 g/mol. The van der Waals surface area contributed by atoms with Crippen LogP contribution in [-0.2, 0) is 5.60 Å². The minimum atomic E-state index is -0.904. The van der Waals surface area contributed by atoms with E-state index in [0.29, 0.717) is 0 Å². The molecule has 2 aromatic rings. The summed E-state index contributed by atoms with van der Waals surface area (Å²) in [4.78, 5) is 0. The van der Waals surface area contributed by atoms with E-state index in [-0.39, 0.29) is 24.8 Å². The van der Waals surface area contributed by atoms with E-state index >= 15 is 0 Å². The SMILES string of the molecule is OC(c1ccccc1)(c1ccccc1)C1CC[N-]CC1.[Li+]. The van der Waals surface area contributed by atoms with E-state index < -0.39 is 5.60 Å². The van der Waals surface area contributed by atoms with Gasteiger partial charge in [0.1, 0.15) is 5.60 Å². The van der Waals surface area contributed by atoms with Crippen LogP contribution in [0.25, 0.3) is 5.32 Å². The van der Waals surface area contributed by atoms with E-state index in [4.69, 9.17) is 0 Å². The summed E-state index contributed by atoms with van der Waals surface area (Å²) in [6.45, 7) is 1.71. The van der Waals surface area contributed by atoms with Crippen LogP contribution in [0.5, 0.6) is 0 Å². The Morgan fingerprint density at radius 3 is 1.67 bits per heavy atom. The van der Waals surface area contributed by atoms with Gasteiger partial charge in [0.25, 0.3) is 0 Å². The van der Waals surface area contributed by atoms with Gasteiger partial charge in [0.15, 0.2) is 0 Å². The van der Waals surface area contributed by atoms with Crippen molar-refractivity contribution in [3.05, 3.63) is 77.1 Å². The quantitative estimate of drug-likeness (QED) is 0.821. The smallest absolute Gasteiger partial charge is 0.662 e. The summed E-state index contributed by atoms with van der Waals surface area (Å²) in [6, 6.07) is 20.1. The largest absolute Gasteiger partial charge is 1.00 e. The van der Waals surface area contributed by atoms with Crippen molar-refractivity contribution in [2.45, 2.75) is 18.4 Å². The van der Waals surface area contributed by atoms with Crippen molar-refractivity contribution in [2.24, 2.45) is 5.92 Å². The summed E-state index contributed by atoms with van der Waals surface area (Å²) in [5, 5.41) is 16.0. The van der Waals surface area contributed by atoms with Crippen LogP contribution in [0.1, 0.15) is 24.0 Å². The minimum Gasteiger partial charge on any atom is -0.662 e. The van der Waals surface area contributed by atoms with Gasteiger partial charge >= 0.3 is 18.9 Å². The molecule has 1 heterocycles. The summed E-state index contributed by atoms with van der Waals surface area (Å²) in [5.74, 6) is 0.227. The fraction of sp³-hybridized carbons (Fsp3) is 0.333. The summed E-state index contributed by atoms with van der Waals surface area (Å²) >= 11 is 0. The number of hydrogen-bond acceptors (Lipinski definition) is 1. The summed E-state index contributed by atoms with van der Waals surface area (Å²) < 4.78 is 0. The zero-order valence-electron chi connectivity index (χ0n) is 12.6. The van der Waals surface area contributed by atoms with Crippen molar-refractivity contribution >= 4 is 0 Å². The Hall–Kier alpha value is -1.04. The Bertz CT molecular complexity index is 498. The Morgan fingerprint density at radius 2 is 1.24 bits per heavy atom. The van der Waals surface area contributed by atoms with Gasteiger partial charge in [-0.25, -0.2) is 0 Å². The van der Waals surface area contributed by atoms with Crippen LogP contribution in [0.3, 0.4) is 0 Å². The average molecular weight is 273 g/mol. The number of aliphatic hydroxyl groups is 1. The molecule has 104 valence electrons. The maximum atomic E-state index is 11.5. The third kappa shape index (κ3) is 3.25. The molecular formula is C18H20LiNO. The van der Waals surface area contributed by atoms with E-state index in [9.17, 15) is 5.11 Å². The molecule has 0 aliphatic carbocycles. The molecule has 2 aromatic carbocycles. The summed E-state index contributed by atoms with van der Waals surface area (Å²) in [6.07, 6.45) is 1.89. The second-order valence-corrected chi connectivity index (χ2v) is 5.44.